The number of amides is 2. The largest absolute Gasteiger partial charge is 0.336 e. The molecule has 0 saturated heterocycles. The Hall–Kier alpha value is -1.26. The number of hydrogen-bond acceptors (Lipinski definition) is 2. The maximum atomic E-state index is 12.3. The number of benzene rings is 1. The smallest absolute Gasteiger partial charge is 0.317 e. The number of rotatable bonds is 7. The number of urea groups is 1. The number of halogens is 1. The highest BCUT2D eigenvalue weighted by molar-refractivity contribution is 6.31. The molecule has 0 saturated carbocycles. The van der Waals surface area contributed by atoms with Crippen LogP contribution in [0, 0.1) is 0 Å². The lowest BCUT2D eigenvalue weighted by Gasteiger charge is -2.26. The Labute approximate surface area is 133 Å². The van der Waals surface area contributed by atoms with Crippen LogP contribution < -0.4 is 5.32 Å². The molecule has 1 rings (SSSR count). The third-order valence-electron chi connectivity index (χ3n) is 3.68. The Morgan fingerprint density at radius 3 is 2.48 bits per heavy atom. The maximum absolute atomic E-state index is 12.3. The normalized spacial score (nSPS) is 12.3. The first kappa shape index (κ1) is 17.8. The van der Waals surface area contributed by atoms with Crippen LogP contribution in [-0.2, 0) is 6.54 Å². The van der Waals surface area contributed by atoms with Gasteiger partial charge in [0.1, 0.15) is 0 Å². The quantitative estimate of drug-likeness (QED) is 0.839. The van der Waals surface area contributed by atoms with E-state index < -0.39 is 0 Å². The fraction of sp³-hybridized carbons (Fsp3) is 0.562. The van der Waals surface area contributed by atoms with Crippen molar-refractivity contribution in [1.29, 1.82) is 0 Å². The number of carbonyl (C=O) groups is 1. The Morgan fingerprint density at radius 2 is 1.95 bits per heavy atom. The summed E-state index contributed by atoms with van der Waals surface area (Å²) in [5, 5.41) is 3.71. The summed E-state index contributed by atoms with van der Waals surface area (Å²) in [6.07, 6.45) is 1.00. The van der Waals surface area contributed by atoms with Crippen molar-refractivity contribution in [2.75, 3.05) is 27.2 Å². The molecule has 1 N–H and O–H groups in total. The van der Waals surface area contributed by atoms with E-state index in [9.17, 15) is 4.79 Å². The third-order valence-corrected chi connectivity index (χ3v) is 4.05. The number of hydrogen-bond donors (Lipinski definition) is 1. The van der Waals surface area contributed by atoms with Gasteiger partial charge in [-0.3, -0.25) is 0 Å². The minimum absolute atomic E-state index is 0.0438. The van der Waals surface area contributed by atoms with Crippen molar-refractivity contribution >= 4 is 17.6 Å². The average molecular weight is 312 g/mol. The first-order chi connectivity index (χ1) is 9.99. The number of likely N-dealkylation sites (N-methyl/N-ethyl adjacent to an activating group) is 1. The minimum atomic E-state index is -0.0438. The fourth-order valence-electron chi connectivity index (χ4n) is 2.17. The Balaban J connectivity index is 2.59. The molecule has 1 atom stereocenters. The predicted octanol–water partition coefficient (Wildman–Crippen LogP) is 3.21. The second-order valence-electron chi connectivity index (χ2n) is 5.32. The zero-order chi connectivity index (χ0) is 15.8. The summed E-state index contributed by atoms with van der Waals surface area (Å²) >= 11 is 6.16. The lowest BCUT2D eigenvalue weighted by Crippen LogP contribution is -2.45. The number of nitrogens with one attached hydrogen (secondary N) is 1. The molecule has 1 unspecified atom stereocenters. The predicted molar refractivity (Wildman–Crippen MR) is 88.7 cm³/mol. The molecule has 0 bridgehead atoms. The highest BCUT2D eigenvalue weighted by Crippen LogP contribution is 2.17. The zero-order valence-electron chi connectivity index (χ0n) is 13.4. The van der Waals surface area contributed by atoms with Crippen molar-refractivity contribution in [2.45, 2.75) is 32.9 Å². The molecule has 0 aliphatic heterocycles. The summed E-state index contributed by atoms with van der Waals surface area (Å²) in [6.45, 7) is 5.93. The van der Waals surface area contributed by atoms with Crippen LogP contribution in [0.25, 0.3) is 0 Å². The third kappa shape index (κ3) is 5.56. The zero-order valence-corrected chi connectivity index (χ0v) is 14.2. The summed E-state index contributed by atoms with van der Waals surface area (Å²) in [5.74, 6) is 0. The summed E-state index contributed by atoms with van der Waals surface area (Å²) < 4.78 is 0. The Bertz CT molecular complexity index is 451. The van der Waals surface area contributed by atoms with E-state index in [4.69, 9.17) is 11.6 Å². The van der Waals surface area contributed by atoms with E-state index in [-0.39, 0.29) is 6.03 Å². The number of nitrogens with zero attached hydrogens (tertiary/aromatic N) is 2. The lowest BCUT2D eigenvalue weighted by atomic mass is 10.2. The summed E-state index contributed by atoms with van der Waals surface area (Å²) in [6, 6.07) is 7.94. The summed E-state index contributed by atoms with van der Waals surface area (Å²) in [4.78, 5) is 16.2. The van der Waals surface area contributed by atoms with Gasteiger partial charge in [0.05, 0.1) is 0 Å². The van der Waals surface area contributed by atoms with Gasteiger partial charge in [-0.05, 0) is 39.1 Å². The monoisotopic (exact) mass is 311 g/mol. The van der Waals surface area contributed by atoms with Gasteiger partial charge in [0.15, 0.2) is 0 Å². The molecule has 0 fully saturated rings. The van der Waals surface area contributed by atoms with Gasteiger partial charge in [0.2, 0.25) is 0 Å². The van der Waals surface area contributed by atoms with Crippen LogP contribution in [0.3, 0.4) is 0 Å². The molecule has 4 nitrogen and oxygen atoms in total. The van der Waals surface area contributed by atoms with Crippen molar-refractivity contribution in [3.63, 3.8) is 0 Å². The van der Waals surface area contributed by atoms with E-state index in [1.165, 1.54) is 0 Å². The molecule has 0 aromatic heterocycles. The van der Waals surface area contributed by atoms with Gasteiger partial charge >= 0.3 is 6.03 Å². The molecule has 0 aliphatic carbocycles. The van der Waals surface area contributed by atoms with Crippen LogP contribution >= 0.6 is 11.6 Å². The number of carbonyl (C=O) groups excluding carboxylic acids is 1. The SMILES string of the molecule is CCC(CNC(=O)N(CC)Cc1ccccc1Cl)N(C)C. The van der Waals surface area contributed by atoms with Crippen molar-refractivity contribution in [1.82, 2.24) is 15.1 Å². The first-order valence-electron chi connectivity index (χ1n) is 7.42. The molecule has 2 amide bonds. The van der Waals surface area contributed by atoms with Crippen LogP contribution in [0.15, 0.2) is 24.3 Å². The molecule has 0 radical (unpaired) electrons. The molecule has 1 aromatic rings. The second-order valence-corrected chi connectivity index (χ2v) is 5.72. The summed E-state index contributed by atoms with van der Waals surface area (Å²) in [5.41, 5.74) is 0.968. The van der Waals surface area contributed by atoms with Gasteiger partial charge in [0.25, 0.3) is 0 Å². The van der Waals surface area contributed by atoms with E-state index in [2.05, 4.69) is 17.1 Å². The van der Waals surface area contributed by atoms with Crippen molar-refractivity contribution in [3.8, 4) is 0 Å². The highest BCUT2D eigenvalue weighted by Gasteiger charge is 2.15. The topological polar surface area (TPSA) is 35.6 Å². The molecular weight excluding hydrogens is 286 g/mol. The van der Waals surface area contributed by atoms with Crippen LogP contribution in [0.1, 0.15) is 25.8 Å². The molecule has 21 heavy (non-hydrogen) atoms. The van der Waals surface area contributed by atoms with Gasteiger partial charge < -0.3 is 15.1 Å². The van der Waals surface area contributed by atoms with Gasteiger partial charge in [0, 0.05) is 30.7 Å². The first-order valence-corrected chi connectivity index (χ1v) is 7.79. The fourth-order valence-corrected chi connectivity index (χ4v) is 2.36. The maximum Gasteiger partial charge on any atom is 0.317 e. The van der Waals surface area contributed by atoms with Crippen molar-refractivity contribution in [3.05, 3.63) is 34.9 Å². The average Bonchev–Trinajstić information content (AvgIpc) is 2.46. The van der Waals surface area contributed by atoms with Crippen LogP contribution in [0.5, 0.6) is 0 Å². The van der Waals surface area contributed by atoms with Gasteiger partial charge in [-0.15, -0.1) is 0 Å². The molecule has 118 valence electrons. The van der Waals surface area contributed by atoms with E-state index >= 15 is 0 Å². The molecule has 0 heterocycles. The van der Waals surface area contributed by atoms with Crippen LogP contribution in [-0.4, -0.2) is 49.1 Å². The van der Waals surface area contributed by atoms with E-state index in [1.54, 1.807) is 4.90 Å². The molecule has 5 heteroatoms. The van der Waals surface area contributed by atoms with Crippen LogP contribution in [0.4, 0.5) is 4.79 Å². The lowest BCUT2D eigenvalue weighted by molar-refractivity contribution is 0.192. The molecule has 0 spiro atoms. The van der Waals surface area contributed by atoms with Crippen molar-refractivity contribution < 1.29 is 4.79 Å². The standard InChI is InChI=1S/C16H26ClN3O/c1-5-14(19(3)4)11-18-16(21)20(6-2)12-13-9-7-8-10-15(13)17/h7-10,14H,5-6,11-12H2,1-4H3,(H,18,21). The Morgan fingerprint density at radius 1 is 1.29 bits per heavy atom. The van der Waals surface area contributed by atoms with Gasteiger partial charge in [-0.25, -0.2) is 4.79 Å². The second kappa shape index (κ2) is 8.90. The summed E-state index contributed by atoms with van der Waals surface area (Å²) in [7, 11) is 4.06. The van der Waals surface area contributed by atoms with Crippen LogP contribution in [0.2, 0.25) is 5.02 Å². The van der Waals surface area contributed by atoms with E-state index in [0.717, 1.165) is 12.0 Å². The van der Waals surface area contributed by atoms with Gasteiger partial charge in [-0.1, -0.05) is 36.7 Å². The van der Waals surface area contributed by atoms with Gasteiger partial charge in [-0.2, -0.15) is 0 Å². The van der Waals surface area contributed by atoms with E-state index in [1.807, 2.05) is 45.3 Å². The van der Waals surface area contributed by atoms with E-state index in [0.29, 0.717) is 30.7 Å². The molecule has 1 aromatic carbocycles. The Kier molecular flexibility index (Phi) is 7.54. The minimum Gasteiger partial charge on any atom is -0.336 e. The molecule has 0 aliphatic rings. The molecular formula is C16H26ClN3O. The highest BCUT2D eigenvalue weighted by atomic mass is 35.5. The van der Waals surface area contributed by atoms with Crippen molar-refractivity contribution in [2.24, 2.45) is 0 Å².